The average Bonchev–Trinajstić information content (AvgIpc) is 2.76. The van der Waals surface area contributed by atoms with E-state index in [1.54, 1.807) is 17.2 Å². The Morgan fingerprint density at radius 2 is 2.36 bits per heavy atom. The molecule has 0 atom stereocenters. The van der Waals surface area contributed by atoms with Gasteiger partial charge in [0.25, 0.3) is 0 Å². The molecule has 0 aromatic carbocycles. The van der Waals surface area contributed by atoms with Gasteiger partial charge < -0.3 is 10.2 Å². The molecule has 0 amide bonds. The summed E-state index contributed by atoms with van der Waals surface area (Å²) < 4.78 is 6.99. The van der Waals surface area contributed by atoms with Crippen LogP contribution in [0.25, 0.3) is 0 Å². The van der Waals surface area contributed by atoms with E-state index >= 15 is 0 Å². The van der Waals surface area contributed by atoms with Crippen molar-refractivity contribution in [2.24, 2.45) is 0 Å². The van der Waals surface area contributed by atoms with Gasteiger partial charge in [-0.3, -0.25) is 0 Å². The van der Waals surface area contributed by atoms with E-state index in [2.05, 4.69) is 15.1 Å². The second-order valence-electron chi connectivity index (χ2n) is 2.87. The van der Waals surface area contributed by atoms with E-state index in [0.29, 0.717) is 12.4 Å². The van der Waals surface area contributed by atoms with Crippen LogP contribution < -0.4 is 5.73 Å². The fraction of sp³-hybridized carbons (Fsp3) is 0.375. The van der Waals surface area contributed by atoms with Gasteiger partial charge in [-0.15, -0.1) is 5.10 Å². The number of aromatic nitrogens is 4. The van der Waals surface area contributed by atoms with Gasteiger partial charge in [0.15, 0.2) is 0 Å². The summed E-state index contributed by atoms with van der Waals surface area (Å²) in [6.07, 6.45) is 4.10. The number of aryl methyl sites for hydroxylation is 1. The van der Waals surface area contributed by atoms with E-state index in [4.69, 9.17) is 10.2 Å². The Morgan fingerprint density at radius 1 is 1.50 bits per heavy atom. The van der Waals surface area contributed by atoms with Crippen molar-refractivity contribution in [1.82, 2.24) is 19.7 Å². The summed E-state index contributed by atoms with van der Waals surface area (Å²) in [5.74, 6) is 1.74. The number of rotatable bonds is 3. The van der Waals surface area contributed by atoms with Gasteiger partial charge in [0, 0.05) is 6.42 Å². The van der Waals surface area contributed by atoms with Crippen molar-refractivity contribution < 1.29 is 4.42 Å². The monoisotopic (exact) mass is 193 g/mol. The van der Waals surface area contributed by atoms with Crippen LogP contribution in [0.1, 0.15) is 18.6 Å². The number of nitrogens with zero attached hydrogens (tertiary/aromatic N) is 4. The Hall–Kier alpha value is -1.85. The van der Waals surface area contributed by atoms with E-state index < -0.39 is 0 Å². The molecule has 0 bridgehead atoms. The van der Waals surface area contributed by atoms with Crippen LogP contribution in [0.5, 0.6) is 0 Å². The molecule has 6 nitrogen and oxygen atoms in total. The van der Waals surface area contributed by atoms with Crippen molar-refractivity contribution in [3.05, 3.63) is 24.2 Å². The summed E-state index contributed by atoms with van der Waals surface area (Å²) in [7, 11) is 0. The molecule has 2 aromatic rings. The summed E-state index contributed by atoms with van der Waals surface area (Å²) in [5, 5.41) is 3.92. The number of anilines is 1. The third-order valence-corrected chi connectivity index (χ3v) is 1.80. The molecule has 0 saturated heterocycles. The Bertz CT molecular complexity index is 419. The predicted molar refractivity (Wildman–Crippen MR) is 49.4 cm³/mol. The normalized spacial score (nSPS) is 10.6. The molecule has 6 heteroatoms. The quantitative estimate of drug-likeness (QED) is 0.765. The lowest BCUT2D eigenvalue weighted by atomic mass is 10.4. The molecule has 0 aliphatic heterocycles. The molecule has 2 rings (SSSR count). The average molecular weight is 193 g/mol. The third-order valence-electron chi connectivity index (χ3n) is 1.80. The second kappa shape index (κ2) is 3.49. The van der Waals surface area contributed by atoms with E-state index in [1.165, 1.54) is 0 Å². The predicted octanol–water partition coefficient (Wildman–Crippen LogP) is 0.459. The largest absolute Gasteiger partial charge is 0.444 e. The molecule has 0 saturated carbocycles. The van der Waals surface area contributed by atoms with Crippen LogP contribution in [0.4, 0.5) is 5.95 Å². The lowest BCUT2D eigenvalue weighted by molar-refractivity contribution is 0.436. The maximum Gasteiger partial charge on any atom is 0.239 e. The Morgan fingerprint density at radius 3 is 2.93 bits per heavy atom. The van der Waals surface area contributed by atoms with Crippen molar-refractivity contribution in [2.45, 2.75) is 19.9 Å². The summed E-state index contributed by atoms with van der Waals surface area (Å²) in [4.78, 5) is 7.90. The molecule has 0 aliphatic carbocycles. The van der Waals surface area contributed by atoms with Gasteiger partial charge >= 0.3 is 0 Å². The zero-order valence-electron chi connectivity index (χ0n) is 7.84. The zero-order valence-corrected chi connectivity index (χ0v) is 7.84. The molecule has 2 aromatic heterocycles. The molecular formula is C8H11N5O. The first kappa shape index (κ1) is 8.74. The van der Waals surface area contributed by atoms with Crippen LogP contribution in [-0.4, -0.2) is 19.7 Å². The van der Waals surface area contributed by atoms with Crippen molar-refractivity contribution >= 4 is 5.95 Å². The van der Waals surface area contributed by atoms with E-state index in [-0.39, 0.29) is 5.95 Å². The Labute approximate surface area is 80.8 Å². The van der Waals surface area contributed by atoms with Gasteiger partial charge in [-0.2, -0.15) is 0 Å². The summed E-state index contributed by atoms with van der Waals surface area (Å²) >= 11 is 0. The fourth-order valence-corrected chi connectivity index (χ4v) is 1.11. The fourth-order valence-electron chi connectivity index (χ4n) is 1.11. The number of oxazole rings is 1. The highest BCUT2D eigenvalue weighted by Gasteiger charge is 2.04. The van der Waals surface area contributed by atoms with Gasteiger partial charge in [0.05, 0.1) is 6.20 Å². The summed E-state index contributed by atoms with van der Waals surface area (Å²) in [6, 6.07) is 0. The van der Waals surface area contributed by atoms with Gasteiger partial charge in [0.1, 0.15) is 18.6 Å². The highest BCUT2D eigenvalue weighted by molar-refractivity contribution is 5.09. The molecular weight excluding hydrogens is 182 g/mol. The van der Waals surface area contributed by atoms with Gasteiger partial charge in [-0.1, -0.05) is 6.92 Å². The number of hydrogen-bond acceptors (Lipinski definition) is 5. The zero-order chi connectivity index (χ0) is 9.97. The molecule has 0 fully saturated rings. The molecule has 74 valence electrons. The second-order valence-corrected chi connectivity index (χ2v) is 2.87. The van der Waals surface area contributed by atoms with E-state index in [9.17, 15) is 0 Å². The number of hydrogen-bond donors (Lipinski definition) is 1. The molecule has 0 aliphatic rings. The minimum atomic E-state index is 0.257. The van der Waals surface area contributed by atoms with Crippen LogP contribution in [0.15, 0.2) is 16.9 Å². The van der Waals surface area contributed by atoms with Gasteiger partial charge in [0.2, 0.25) is 11.8 Å². The van der Waals surface area contributed by atoms with Crippen molar-refractivity contribution in [1.29, 1.82) is 0 Å². The SMILES string of the molecule is CCc1cnc(Cn2cnc(N)n2)o1. The minimum absolute atomic E-state index is 0.257. The van der Waals surface area contributed by atoms with Crippen molar-refractivity contribution in [3.8, 4) is 0 Å². The number of nitrogens with two attached hydrogens (primary N) is 1. The Kier molecular flexibility index (Phi) is 2.18. The number of nitrogen functional groups attached to an aromatic ring is 1. The molecule has 2 heterocycles. The molecule has 0 radical (unpaired) electrons. The maximum absolute atomic E-state index is 5.41. The molecule has 0 spiro atoms. The van der Waals surface area contributed by atoms with Crippen LogP contribution in [0, 0.1) is 0 Å². The summed E-state index contributed by atoms with van der Waals surface area (Å²) in [5.41, 5.74) is 5.37. The van der Waals surface area contributed by atoms with Gasteiger partial charge in [-0.05, 0) is 0 Å². The van der Waals surface area contributed by atoms with Crippen LogP contribution >= 0.6 is 0 Å². The molecule has 2 N–H and O–H groups in total. The first-order valence-corrected chi connectivity index (χ1v) is 4.36. The van der Waals surface area contributed by atoms with E-state index in [1.807, 2.05) is 6.92 Å². The van der Waals surface area contributed by atoms with E-state index in [0.717, 1.165) is 12.2 Å². The van der Waals surface area contributed by atoms with Gasteiger partial charge in [-0.25, -0.2) is 14.6 Å². The first-order chi connectivity index (χ1) is 6.78. The topological polar surface area (TPSA) is 82.8 Å². The highest BCUT2D eigenvalue weighted by Crippen LogP contribution is 2.05. The highest BCUT2D eigenvalue weighted by atomic mass is 16.4. The van der Waals surface area contributed by atoms with Crippen LogP contribution in [-0.2, 0) is 13.0 Å². The third kappa shape index (κ3) is 1.73. The van der Waals surface area contributed by atoms with Crippen molar-refractivity contribution in [2.75, 3.05) is 5.73 Å². The lowest BCUT2D eigenvalue weighted by Crippen LogP contribution is -2.01. The smallest absolute Gasteiger partial charge is 0.239 e. The maximum atomic E-state index is 5.41. The lowest BCUT2D eigenvalue weighted by Gasteiger charge is -1.93. The molecule has 14 heavy (non-hydrogen) atoms. The minimum Gasteiger partial charge on any atom is -0.444 e. The van der Waals surface area contributed by atoms with Crippen molar-refractivity contribution in [3.63, 3.8) is 0 Å². The Balaban J connectivity index is 2.10. The molecule has 0 unspecified atom stereocenters. The van der Waals surface area contributed by atoms with Crippen LogP contribution in [0.3, 0.4) is 0 Å². The first-order valence-electron chi connectivity index (χ1n) is 4.36. The standard InChI is InChI=1S/C8H11N5O/c1-2-6-3-10-7(14-6)4-13-5-11-8(9)12-13/h3,5H,2,4H2,1H3,(H2,9,12). The van der Waals surface area contributed by atoms with Crippen LogP contribution in [0.2, 0.25) is 0 Å². The summed E-state index contributed by atoms with van der Waals surface area (Å²) in [6.45, 7) is 2.47.